The lowest BCUT2D eigenvalue weighted by molar-refractivity contribution is -0.160. The smallest absolute Gasteiger partial charge is 0.416 e. The number of amides is 3. The maximum Gasteiger partial charge on any atom is 0.416 e. The van der Waals surface area contributed by atoms with Gasteiger partial charge < -0.3 is 101 Å². The normalized spacial score (nSPS) is 18.6. The fourth-order valence-electron chi connectivity index (χ4n) is 17.2. The molecule has 8 aliphatic rings. The quantitative estimate of drug-likeness (QED) is 0.00567. The number of carbonyl (C=O) groups excluding carboxylic acids is 5. The van der Waals surface area contributed by atoms with E-state index >= 15 is 0 Å². The number of benzene rings is 6. The number of hydrogen-bond acceptors (Lipinski definition) is 29. The maximum absolute atomic E-state index is 13.2. The minimum atomic E-state index is -4.38. The van der Waals surface area contributed by atoms with Gasteiger partial charge in [0.1, 0.15) is 23.2 Å². The van der Waals surface area contributed by atoms with E-state index in [1.807, 2.05) is 131 Å². The van der Waals surface area contributed by atoms with Crippen molar-refractivity contribution in [3.63, 3.8) is 0 Å². The van der Waals surface area contributed by atoms with Gasteiger partial charge in [-0.15, -0.1) is 0 Å². The summed E-state index contributed by atoms with van der Waals surface area (Å²) in [7, 11) is 1.37. The highest BCUT2D eigenvalue weighted by molar-refractivity contribution is 14.1. The molecule has 8 fully saturated rings. The van der Waals surface area contributed by atoms with E-state index in [2.05, 4.69) is 75.3 Å². The van der Waals surface area contributed by atoms with Crippen LogP contribution >= 0.6 is 34.6 Å². The number of esters is 2. The number of nitrogens with zero attached hydrogens (tertiary/aromatic N) is 14. The highest BCUT2D eigenvalue weighted by atomic mass is 127. The molecular formula is C100H107Cl2F12IN20O11S-2. The van der Waals surface area contributed by atoms with Crippen LogP contribution in [0.25, 0.3) is 22.3 Å². The van der Waals surface area contributed by atoms with Gasteiger partial charge in [-0.3, -0.25) is 20.1 Å². The predicted molar refractivity (Wildman–Crippen MR) is 531 cm³/mol. The van der Waals surface area contributed by atoms with Gasteiger partial charge in [-0.1, -0.05) is 36.4 Å². The fourth-order valence-corrected chi connectivity index (χ4v) is 18.1. The Morgan fingerprint density at radius 2 is 0.830 bits per heavy atom. The number of aromatic nitrogens is 8. The molecule has 0 aliphatic carbocycles. The zero-order chi connectivity index (χ0) is 104. The number of likely N-dealkylation sites (tertiary alicyclic amines) is 1. The zero-order valence-electron chi connectivity index (χ0n) is 80.8. The van der Waals surface area contributed by atoms with E-state index in [9.17, 15) is 76.7 Å². The molecule has 786 valence electrons. The number of anilines is 9. The number of nitrogens with one attached hydrogen (secondary N) is 4. The molecule has 0 radical (unpaired) electrons. The molecule has 8 bridgehead atoms. The Bertz CT molecular complexity index is 6250. The molecule has 8 N–H and O–H groups in total. The second-order valence-electron chi connectivity index (χ2n) is 36.3. The van der Waals surface area contributed by atoms with Crippen molar-refractivity contribution in [2.45, 2.75) is 170 Å². The first-order valence-corrected chi connectivity index (χ1v) is 47.8. The number of carbonyl (C=O) groups is 5. The molecule has 8 saturated heterocycles. The third kappa shape index (κ3) is 31.6. The van der Waals surface area contributed by atoms with Gasteiger partial charge in [0.05, 0.1) is 94.1 Å². The fraction of sp³-hybridized carbons (Fsp3) is 0.370. The SMILES string of the molecule is CC(C)(C)OC(=O)N1C[C@@H]2C[C@H]1CN2.CC(C)(C)OC(=O)Nc1ccc(-c2ccncc2)cc1N.CCOC(=O)c1cnc(N2C[C@@H]3C[C@H]2CN3c2cccc(C(F)(F)F)c2)nc1.CCOC(=O)c1cnc(SOOC)nc1.FC(F)(F)c1cccc(I)c1.FC(F)(F)c1cccc(N2C[C@@H]3C[C@H]2CN3)c1.Nc1ccc(-c2ccncc2)cc1NC(=O)c1cnc(N2C[C@@H]3C[C@H]2CN3c2cccc(C(F)(F)F)c2)nc1.[Cl-].[Cl-]. The average Bonchev–Trinajstić information content (AvgIpc) is 1.61. The summed E-state index contributed by atoms with van der Waals surface area (Å²) in [5.74, 6) is -0.292. The van der Waals surface area contributed by atoms with Crippen LogP contribution in [0.2, 0.25) is 0 Å². The van der Waals surface area contributed by atoms with Crippen LogP contribution < -0.4 is 82.0 Å². The van der Waals surface area contributed by atoms with Gasteiger partial charge in [0, 0.05) is 171 Å². The summed E-state index contributed by atoms with van der Waals surface area (Å²) in [5, 5.41) is 12.5. The van der Waals surface area contributed by atoms with Crippen molar-refractivity contribution >= 4 is 116 Å². The topological polar surface area (TPSA) is 363 Å². The minimum Gasteiger partial charge on any atom is -1.00 e. The number of nitrogens with two attached hydrogens (primary N) is 2. The van der Waals surface area contributed by atoms with Gasteiger partial charge in [0.25, 0.3) is 5.91 Å². The predicted octanol–water partition coefficient (Wildman–Crippen LogP) is 13.5. The second-order valence-corrected chi connectivity index (χ2v) is 38.3. The maximum atomic E-state index is 13.2. The van der Waals surface area contributed by atoms with Crippen molar-refractivity contribution in [3.05, 3.63) is 262 Å². The molecular weight excluding hydrogens is 2120 g/mol. The molecule has 31 nitrogen and oxygen atoms in total. The largest absolute Gasteiger partial charge is 1.00 e. The Kier molecular flexibility index (Phi) is 39.0. The molecule has 13 heterocycles. The molecule has 47 heteroatoms. The lowest BCUT2D eigenvalue weighted by atomic mass is 10.1. The molecule has 11 aromatic rings. The molecule has 19 rings (SSSR count). The number of piperazine rings is 4. The summed E-state index contributed by atoms with van der Waals surface area (Å²) in [4.78, 5) is 109. The average molecular weight is 2220 g/mol. The Labute approximate surface area is 870 Å². The zero-order valence-corrected chi connectivity index (χ0v) is 85.3. The number of nitrogen functional groups attached to an aromatic ring is 2. The first-order valence-electron chi connectivity index (χ1n) is 46.0. The number of hydrogen-bond donors (Lipinski definition) is 6. The van der Waals surface area contributed by atoms with E-state index in [0.717, 1.165) is 116 Å². The van der Waals surface area contributed by atoms with E-state index in [0.29, 0.717) is 129 Å². The first-order chi connectivity index (χ1) is 68.7. The Morgan fingerprint density at radius 3 is 1.21 bits per heavy atom. The standard InChI is InChI=1S/C28H24F3N7O.C19H19F3N4O2.C16H19N3O2.C12H13F3N2.C10H18N2O2.C8H10N2O4S.C7H4F3I.2ClH/c29-28(30,31)20-2-1-3-21(11-20)37-15-23-12-22(37)16-38(23)27-34-13-19(14-35-27)26(39)36-25-10-18(4-5-24(25)32)17-6-8-33-9-7-17;1-2-28-17(27)12-8-23-18(24-9-12)26-11-15-7-16(26)10-25(15)14-5-3-4-13(6-14)19(20,21)22;1-16(2,3)21-15(20)19-14-5-4-12(10-13(14)17)11-6-8-18-9-7-11;13-12(14,15)8-2-1-3-10(4-8)17-7-9-5-11(17)6-16-9;1-10(2,3)14-9(13)12-6-7-4-8(12)5-11-7;1-3-13-7(11)6-4-9-8(10-5-6)15-14-12-2;8-7(9,10)5-2-1-3-6(11)4-5;;/h1-11,13-14,22-23H,12,15-16,32H2,(H,36,39);3-6,8-9,15-16H,2,7,10-11H2,1H3;4-10H,17H2,1-3H3,(H,19,20);1-4,9,11,16H,5-7H2;7-8,11H,4-6H2,1-3H3;4-5H,3H2,1-2H3;1-4H;2*1H/p-2/t22-,23-;15-,16-;;9-,11-;7-,8-;;;;/m00.00..../s1. The van der Waals surface area contributed by atoms with Crippen molar-refractivity contribution in [2.75, 3.05) is 119 Å². The van der Waals surface area contributed by atoms with Crippen LogP contribution in [0.15, 0.2) is 225 Å². The van der Waals surface area contributed by atoms with Gasteiger partial charge in [-0.05, 0) is 247 Å². The summed E-state index contributed by atoms with van der Waals surface area (Å²) in [6, 6.07) is 42.1. The minimum absolute atomic E-state index is 0. The van der Waals surface area contributed by atoms with Crippen LogP contribution in [0.3, 0.4) is 0 Å². The molecule has 0 spiro atoms. The van der Waals surface area contributed by atoms with Crippen molar-refractivity contribution < 1.29 is 130 Å². The lowest BCUT2D eigenvalue weighted by Gasteiger charge is -2.35. The Morgan fingerprint density at radius 1 is 0.429 bits per heavy atom. The van der Waals surface area contributed by atoms with E-state index in [1.165, 1.54) is 86.8 Å². The van der Waals surface area contributed by atoms with Gasteiger partial charge in [-0.2, -0.15) is 57.0 Å². The van der Waals surface area contributed by atoms with E-state index < -0.39 is 76.5 Å². The van der Waals surface area contributed by atoms with Crippen molar-refractivity contribution in [3.8, 4) is 22.3 Å². The summed E-state index contributed by atoms with van der Waals surface area (Å²) in [6.07, 6.45) is 1.24. The third-order valence-corrected chi connectivity index (χ3v) is 25.0. The molecule has 0 unspecified atom stereocenters. The van der Waals surface area contributed by atoms with Gasteiger partial charge in [-0.25, -0.2) is 54.0 Å². The van der Waals surface area contributed by atoms with Crippen LogP contribution in [0.4, 0.5) is 114 Å². The summed E-state index contributed by atoms with van der Waals surface area (Å²) in [5.41, 5.74) is 17.1. The highest BCUT2D eigenvalue weighted by Gasteiger charge is 2.48. The Balaban J connectivity index is 0.000000170. The summed E-state index contributed by atoms with van der Waals surface area (Å²) < 4.78 is 178. The Hall–Kier alpha value is -12.9. The molecule has 0 saturated carbocycles. The summed E-state index contributed by atoms with van der Waals surface area (Å²) in [6.45, 7) is 21.0. The molecule has 5 aromatic heterocycles. The molecule has 8 aliphatic heterocycles. The lowest BCUT2D eigenvalue weighted by Crippen LogP contribution is -3.00. The van der Waals surface area contributed by atoms with Crippen LogP contribution in [0.1, 0.15) is 134 Å². The molecule has 147 heavy (non-hydrogen) atoms. The summed E-state index contributed by atoms with van der Waals surface area (Å²) >= 11 is 2.70. The van der Waals surface area contributed by atoms with E-state index in [1.54, 1.807) is 81.1 Å². The third-order valence-electron chi connectivity index (χ3n) is 23.8. The number of fused-ring (bicyclic) bond motifs is 8. The van der Waals surface area contributed by atoms with Gasteiger partial charge in [0.15, 0.2) is 0 Å². The number of rotatable bonds is 17. The molecule has 6 aromatic carbocycles. The van der Waals surface area contributed by atoms with Gasteiger partial charge in [0.2, 0.25) is 17.1 Å². The van der Waals surface area contributed by atoms with E-state index in [-0.39, 0.29) is 72.8 Å². The van der Waals surface area contributed by atoms with Gasteiger partial charge >= 0.3 is 48.8 Å². The van der Waals surface area contributed by atoms with Crippen LogP contribution in [-0.4, -0.2) is 207 Å². The number of halogens is 15. The van der Waals surface area contributed by atoms with Crippen LogP contribution in [0, 0.1) is 3.57 Å². The van der Waals surface area contributed by atoms with E-state index in [4.69, 9.17) is 30.4 Å². The molecule has 3 amide bonds. The first kappa shape index (κ1) is 114. The van der Waals surface area contributed by atoms with Crippen LogP contribution in [0.5, 0.6) is 0 Å². The monoisotopic (exact) mass is 2220 g/mol. The number of ether oxygens (including phenoxy) is 4. The van der Waals surface area contributed by atoms with Crippen LogP contribution in [-0.2, 0) is 52.9 Å². The highest BCUT2D eigenvalue weighted by Crippen LogP contribution is 2.43. The van der Waals surface area contributed by atoms with Crippen molar-refractivity contribution in [1.82, 2.24) is 55.4 Å². The van der Waals surface area contributed by atoms with Crippen molar-refractivity contribution in [2.24, 2.45) is 0 Å². The van der Waals surface area contributed by atoms with Crippen molar-refractivity contribution in [1.29, 1.82) is 0 Å². The molecule has 8 atom stereocenters. The second kappa shape index (κ2) is 50.2. The number of alkyl halides is 12. The number of pyridine rings is 2.